The highest BCUT2D eigenvalue weighted by Gasteiger charge is 2.23. The Morgan fingerprint density at radius 2 is 1.71 bits per heavy atom. The smallest absolute Gasteiger partial charge is 0.335 e. The van der Waals surface area contributed by atoms with Crippen molar-refractivity contribution in [3.8, 4) is 0 Å². The molecule has 0 aromatic heterocycles. The van der Waals surface area contributed by atoms with E-state index in [2.05, 4.69) is 17.0 Å². The molecule has 0 aliphatic carbocycles. The van der Waals surface area contributed by atoms with Gasteiger partial charge in [0.15, 0.2) is 0 Å². The molecule has 0 amide bonds. The van der Waals surface area contributed by atoms with Crippen LogP contribution < -0.4 is 10.0 Å². The summed E-state index contributed by atoms with van der Waals surface area (Å²) in [4.78, 5) is 11.2. The molecule has 0 heterocycles. The van der Waals surface area contributed by atoms with Gasteiger partial charge < -0.3 is 10.4 Å². The van der Waals surface area contributed by atoms with Crippen LogP contribution in [0.3, 0.4) is 0 Å². The molecule has 2 atom stereocenters. The topological polar surface area (TPSA) is 95.5 Å². The standard InChI is InChI=1S/C17H28N2O4S/c1-5-7-12(3)18-15-10-9-14(17(20)21)11-16(15)24(22,23)19-13(4)8-6-2/h9-13,18-19H,5-8H2,1-4H3,(H,20,21)/t12-,13-/m1/s1. The van der Waals surface area contributed by atoms with E-state index >= 15 is 0 Å². The maximum Gasteiger partial charge on any atom is 0.335 e. The molecule has 0 radical (unpaired) electrons. The van der Waals surface area contributed by atoms with Crippen molar-refractivity contribution in [3.63, 3.8) is 0 Å². The number of benzene rings is 1. The Labute approximate surface area is 144 Å². The predicted molar refractivity (Wildman–Crippen MR) is 96.1 cm³/mol. The number of sulfonamides is 1. The van der Waals surface area contributed by atoms with Crippen molar-refractivity contribution >= 4 is 21.7 Å². The largest absolute Gasteiger partial charge is 0.478 e. The predicted octanol–water partition coefficient (Wildman–Crippen LogP) is 3.45. The van der Waals surface area contributed by atoms with E-state index in [0.29, 0.717) is 12.1 Å². The minimum absolute atomic E-state index is 0.0201. The van der Waals surface area contributed by atoms with Crippen LogP contribution in [-0.4, -0.2) is 31.6 Å². The lowest BCUT2D eigenvalue weighted by molar-refractivity contribution is 0.0696. The number of carboxylic acid groups (broad SMARTS) is 1. The maximum absolute atomic E-state index is 12.7. The second-order valence-electron chi connectivity index (χ2n) is 6.16. The molecule has 1 rings (SSSR count). The van der Waals surface area contributed by atoms with Gasteiger partial charge in [0, 0.05) is 12.1 Å². The molecule has 24 heavy (non-hydrogen) atoms. The Morgan fingerprint density at radius 1 is 1.12 bits per heavy atom. The first-order chi connectivity index (χ1) is 11.2. The lowest BCUT2D eigenvalue weighted by atomic mass is 10.1. The third kappa shape index (κ3) is 5.79. The van der Waals surface area contributed by atoms with E-state index in [4.69, 9.17) is 5.11 Å². The van der Waals surface area contributed by atoms with Gasteiger partial charge in [0.25, 0.3) is 0 Å². The van der Waals surface area contributed by atoms with Crippen LogP contribution in [0.15, 0.2) is 23.1 Å². The fourth-order valence-electron chi connectivity index (χ4n) is 2.59. The summed E-state index contributed by atoms with van der Waals surface area (Å²) in [5, 5.41) is 12.3. The minimum Gasteiger partial charge on any atom is -0.478 e. The second-order valence-corrected chi connectivity index (χ2v) is 7.84. The molecule has 0 bridgehead atoms. The lowest BCUT2D eigenvalue weighted by Crippen LogP contribution is -2.33. The van der Waals surface area contributed by atoms with Crippen LogP contribution in [-0.2, 0) is 10.0 Å². The van der Waals surface area contributed by atoms with Crippen LogP contribution in [0.5, 0.6) is 0 Å². The van der Waals surface area contributed by atoms with Crippen molar-refractivity contribution in [2.24, 2.45) is 0 Å². The van der Waals surface area contributed by atoms with E-state index in [0.717, 1.165) is 19.3 Å². The number of carbonyl (C=O) groups is 1. The zero-order valence-corrected chi connectivity index (χ0v) is 15.6. The van der Waals surface area contributed by atoms with Gasteiger partial charge in [0.2, 0.25) is 10.0 Å². The Morgan fingerprint density at radius 3 is 2.25 bits per heavy atom. The molecule has 3 N–H and O–H groups in total. The van der Waals surface area contributed by atoms with Gasteiger partial charge in [-0.25, -0.2) is 17.9 Å². The van der Waals surface area contributed by atoms with Crippen molar-refractivity contribution in [1.82, 2.24) is 4.72 Å². The summed E-state index contributed by atoms with van der Waals surface area (Å²) in [6.45, 7) is 7.81. The van der Waals surface area contributed by atoms with Gasteiger partial charge in [0.05, 0.1) is 11.3 Å². The molecule has 7 heteroatoms. The van der Waals surface area contributed by atoms with Gasteiger partial charge >= 0.3 is 5.97 Å². The average molecular weight is 356 g/mol. The van der Waals surface area contributed by atoms with E-state index in [1.807, 2.05) is 13.8 Å². The summed E-state index contributed by atoms with van der Waals surface area (Å²) in [6, 6.07) is 4.03. The lowest BCUT2D eigenvalue weighted by Gasteiger charge is -2.20. The first-order valence-electron chi connectivity index (χ1n) is 8.37. The monoisotopic (exact) mass is 356 g/mol. The Hall–Kier alpha value is -1.60. The zero-order chi connectivity index (χ0) is 18.3. The number of carboxylic acids is 1. The van der Waals surface area contributed by atoms with Gasteiger partial charge in [-0.1, -0.05) is 26.7 Å². The highest BCUT2D eigenvalue weighted by Crippen LogP contribution is 2.25. The molecule has 1 aromatic rings. The van der Waals surface area contributed by atoms with E-state index in [9.17, 15) is 13.2 Å². The van der Waals surface area contributed by atoms with Gasteiger partial charge in [0.1, 0.15) is 4.90 Å². The van der Waals surface area contributed by atoms with Crippen LogP contribution in [0.4, 0.5) is 5.69 Å². The average Bonchev–Trinajstić information content (AvgIpc) is 2.47. The number of hydrogen-bond donors (Lipinski definition) is 3. The van der Waals surface area contributed by atoms with Crippen molar-refractivity contribution < 1.29 is 18.3 Å². The number of aromatic carboxylic acids is 1. The van der Waals surface area contributed by atoms with E-state index in [1.165, 1.54) is 18.2 Å². The van der Waals surface area contributed by atoms with Crippen molar-refractivity contribution in [2.45, 2.75) is 70.4 Å². The summed E-state index contributed by atoms with van der Waals surface area (Å²) >= 11 is 0. The van der Waals surface area contributed by atoms with Gasteiger partial charge in [-0.15, -0.1) is 0 Å². The zero-order valence-electron chi connectivity index (χ0n) is 14.8. The summed E-state index contributed by atoms with van der Waals surface area (Å²) in [7, 11) is -3.80. The van der Waals surface area contributed by atoms with Crippen LogP contribution in [0.25, 0.3) is 0 Å². The van der Waals surface area contributed by atoms with Gasteiger partial charge in [-0.3, -0.25) is 0 Å². The van der Waals surface area contributed by atoms with Gasteiger partial charge in [-0.2, -0.15) is 0 Å². The molecule has 0 aliphatic rings. The molecule has 1 aromatic carbocycles. The van der Waals surface area contributed by atoms with Crippen LogP contribution >= 0.6 is 0 Å². The van der Waals surface area contributed by atoms with Crippen LogP contribution in [0.1, 0.15) is 63.7 Å². The third-order valence-electron chi connectivity index (χ3n) is 3.72. The first-order valence-corrected chi connectivity index (χ1v) is 9.85. The number of rotatable bonds is 10. The summed E-state index contributed by atoms with van der Waals surface area (Å²) in [5.74, 6) is -1.15. The third-order valence-corrected chi connectivity index (χ3v) is 5.35. The van der Waals surface area contributed by atoms with Crippen molar-refractivity contribution in [2.75, 3.05) is 5.32 Å². The molecule has 0 fully saturated rings. The normalized spacial score (nSPS) is 14.2. The Bertz CT molecular complexity index is 659. The summed E-state index contributed by atoms with van der Waals surface area (Å²) in [5.41, 5.74) is 0.379. The fraction of sp³-hybridized carbons (Fsp3) is 0.588. The maximum atomic E-state index is 12.7. The number of anilines is 1. The van der Waals surface area contributed by atoms with E-state index < -0.39 is 16.0 Å². The molecule has 6 nitrogen and oxygen atoms in total. The van der Waals surface area contributed by atoms with Gasteiger partial charge in [-0.05, 0) is 44.9 Å². The SMILES string of the molecule is CCC[C@@H](C)Nc1ccc(C(=O)O)cc1S(=O)(=O)N[C@H](C)CCC. The minimum atomic E-state index is -3.80. The number of hydrogen-bond acceptors (Lipinski definition) is 4. The molecular formula is C17H28N2O4S. The molecule has 0 unspecified atom stereocenters. The van der Waals surface area contributed by atoms with E-state index in [-0.39, 0.29) is 22.5 Å². The Balaban J connectivity index is 3.24. The quantitative estimate of drug-likeness (QED) is 0.597. The first kappa shape index (κ1) is 20.4. The number of nitrogens with one attached hydrogen (secondary N) is 2. The summed E-state index contributed by atoms with van der Waals surface area (Å²) in [6.07, 6.45) is 3.43. The van der Waals surface area contributed by atoms with Crippen molar-refractivity contribution in [1.29, 1.82) is 0 Å². The van der Waals surface area contributed by atoms with Crippen molar-refractivity contribution in [3.05, 3.63) is 23.8 Å². The molecular weight excluding hydrogens is 328 g/mol. The van der Waals surface area contributed by atoms with Crippen LogP contribution in [0.2, 0.25) is 0 Å². The van der Waals surface area contributed by atoms with Crippen LogP contribution in [0, 0.1) is 0 Å². The summed E-state index contributed by atoms with van der Waals surface area (Å²) < 4.78 is 28.0. The highest BCUT2D eigenvalue weighted by atomic mass is 32.2. The fourth-order valence-corrected chi connectivity index (χ4v) is 4.06. The van der Waals surface area contributed by atoms with E-state index in [1.54, 1.807) is 6.92 Å². The second kappa shape index (κ2) is 9.03. The highest BCUT2D eigenvalue weighted by molar-refractivity contribution is 7.89. The molecule has 0 saturated carbocycles. The Kier molecular flexibility index (Phi) is 7.69. The molecule has 0 aliphatic heterocycles. The molecule has 136 valence electrons. The molecule has 0 spiro atoms. The molecule has 0 saturated heterocycles.